The van der Waals surface area contributed by atoms with Gasteiger partial charge in [-0.05, 0) is 24.6 Å². The highest BCUT2D eigenvalue weighted by Gasteiger charge is 2.11. The van der Waals surface area contributed by atoms with Gasteiger partial charge in [0.25, 0.3) is 0 Å². The molecule has 1 atom stereocenters. The summed E-state index contributed by atoms with van der Waals surface area (Å²) in [5, 5.41) is 0. The number of amides is 1. The predicted octanol–water partition coefficient (Wildman–Crippen LogP) is 2.65. The number of rotatable bonds is 4. The molecule has 1 aromatic carbocycles. The van der Waals surface area contributed by atoms with E-state index >= 15 is 0 Å². The van der Waals surface area contributed by atoms with E-state index in [4.69, 9.17) is 5.73 Å². The van der Waals surface area contributed by atoms with E-state index < -0.39 is 0 Å². The molecule has 1 aromatic rings. The molecular weight excluding hydrogens is 300 g/mol. The molecule has 5 heteroatoms. The third kappa shape index (κ3) is 4.33. The van der Waals surface area contributed by atoms with Crippen molar-refractivity contribution in [1.29, 1.82) is 0 Å². The van der Waals surface area contributed by atoms with Gasteiger partial charge in [0.2, 0.25) is 5.91 Å². The summed E-state index contributed by atoms with van der Waals surface area (Å²) in [4.78, 5) is 14.2. The van der Waals surface area contributed by atoms with E-state index in [-0.39, 0.29) is 11.9 Å². The van der Waals surface area contributed by atoms with Crippen LogP contribution >= 0.6 is 27.7 Å². The van der Waals surface area contributed by atoms with Gasteiger partial charge in [-0.2, -0.15) is 0 Å². The fourth-order valence-corrected chi connectivity index (χ4v) is 2.96. The third-order valence-electron chi connectivity index (χ3n) is 2.32. The molecule has 1 amide bonds. The van der Waals surface area contributed by atoms with Gasteiger partial charge in [-0.25, -0.2) is 0 Å². The number of carbonyl (C=O) groups excluding carboxylic acids is 1. The van der Waals surface area contributed by atoms with Gasteiger partial charge in [0.1, 0.15) is 0 Å². The summed E-state index contributed by atoms with van der Waals surface area (Å²) in [7, 11) is 3.52. The standard InChI is InChI=1S/C12H17BrN2OS/c1-8(14)10-5-4-9(13)6-11(10)17-7-12(16)15(2)3/h4-6,8H,7,14H2,1-3H3. The highest BCUT2D eigenvalue weighted by atomic mass is 79.9. The van der Waals surface area contributed by atoms with E-state index in [1.165, 1.54) is 11.8 Å². The Balaban J connectivity index is 2.82. The first-order valence-electron chi connectivity index (χ1n) is 5.29. The van der Waals surface area contributed by atoms with Gasteiger partial charge in [-0.15, -0.1) is 11.8 Å². The van der Waals surface area contributed by atoms with Crippen molar-refractivity contribution < 1.29 is 4.79 Å². The molecule has 1 unspecified atom stereocenters. The summed E-state index contributed by atoms with van der Waals surface area (Å²) in [6.07, 6.45) is 0. The lowest BCUT2D eigenvalue weighted by Gasteiger charge is -2.14. The Kier molecular flexibility index (Phi) is 5.49. The Morgan fingerprint density at radius 1 is 1.53 bits per heavy atom. The average molecular weight is 317 g/mol. The molecule has 94 valence electrons. The molecule has 0 aliphatic heterocycles. The summed E-state index contributed by atoms with van der Waals surface area (Å²) in [5.41, 5.74) is 6.98. The van der Waals surface area contributed by atoms with Gasteiger partial charge in [-0.1, -0.05) is 22.0 Å². The second-order valence-corrected chi connectivity index (χ2v) is 5.98. The molecule has 0 aliphatic carbocycles. The number of thioether (sulfide) groups is 1. The third-order valence-corrected chi connectivity index (χ3v) is 3.87. The number of nitrogens with two attached hydrogens (primary N) is 1. The first-order valence-corrected chi connectivity index (χ1v) is 7.07. The number of nitrogens with zero attached hydrogens (tertiary/aromatic N) is 1. The normalized spacial score (nSPS) is 12.3. The van der Waals surface area contributed by atoms with E-state index in [1.807, 2.05) is 25.1 Å². The van der Waals surface area contributed by atoms with E-state index in [1.54, 1.807) is 19.0 Å². The van der Waals surface area contributed by atoms with Gasteiger partial charge < -0.3 is 10.6 Å². The molecule has 0 saturated carbocycles. The van der Waals surface area contributed by atoms with E-state index in [2.05, 4.69) is 15.9 Å². The zero-order chi connectivity index (χ0) is 13.0. The molecule has 0 aromatic heterocycles. The maximum atomic E-state index is 11.5. The smallest absolute Gasteiger partial charge is 0.232 e. The molecule has 0 spiro atoms. The minimum absolute atomic E-state index is 0.0277. The Labute approximate surface area is 115 Å². The minimum atomic E-state index is -0.0277. The van der Waals surface area contributed by atoms with Crippen LogP contribution < -0.4 is 5.73 Å². The summed E-state index contributed by atoms with van der Waals surface area (Å²) in [6.45, 7) is 1.95. The molecule has 3 nitrogen and oxygen atoms in total. The fraction of sp³-hybridized carbons (Fsp3) is 0.417. The van der Waals surface area contributed by atoms with Crippen molar-refractivity contribution in [2.75, 3.05) is 19.8 Å². The quantitative estimate of drug-likeness (QED) is 0.869. The van der Waals surface area contributed by atoms with Crippen molar-refractivity contribution in [2.45, 2.75) is 17.9 Å². The van der Waals surface area contributed by atoms with Crippen LogP contribution in [-0.4, -0.2) is 30.7 Å². The molecule has 0 heterocycles. The molecular formula is C12H17BrN2OS. The van der Waals surface area contributed by atoms with Crippen LogP contribution in [0.5, 0.6) is 0 Å². The van der Waals surface area contributed by atoms with E-state index in [0.29, 0.717) is 5.75 Å². The zero-order valence-electron chi connectivity index (χ0n) is 10.2. The first kappa shape index (κ1) is 14.5. The highest BCUT2D eigenvalue weighted by Crippen LogP contribution is 2.29. The van der Waals surface area contributed by atoms with Crippen LogP contribution in [0.1, 0.15) is 18.5 Å². The minimum Gasteiger partial charge on any atom is -0.348 e. The molecule has 0 bridgehead atoms. The first-order chi connectivity index (χ1) is 7.91. The largest absolute Gasteiger partial charge is 0.348 e. The summed E-state index contributed by atoms with van der Waals surface area (Å²) in [6, 6.07) is 5.94. The molecule has 17 heavy (non-hydrogen) atoms. The average Bonchev–Trinajstić information content (AvgIpc) is 2.25. The number of carbonyl (C=O) groups is 1. The highest BCUT2D eigenvalue weighted by molar-refractivity contribution is 9.10. The van der Waals surface area contributed by atoms with Gasteiger partial charge in [0, 0.05) is 29.5 Å². The van der Waals surface area contributed by atoms with Crippen LogP contribution in [-0.2, 0) is 4.79 Å². The van der Waals surface area contributed by atoms with Gasteiger partial charge in [0.05, 0.1) is 5.75 Å². The second-order valence-electron chi connectivity index (χ2n) is 4.05. The van der Waals surface area contributed by atoms with Crippen molar-refractivity contribution >= 4 is 33.6 Å². The van der Waals surface area contributed by atoms with Crippen LogP contribution in [0.25, 0.3) is 0 Å². The van der Waals surface area contributed by atoms with Crippen LogP contribution in [0.2, 0.25) is 0 Å². The number of halogens is 1. The summed E-state index contributed by atoms with van der Waals surface area (Å²) in [5.74, 6) is 0.536. The lowest BCUT2D eigenvalue weighted by atomic mass is 10.1. The Bertz CT molecular complexity index is 407. The van der Waals surface area contributed by atoms with Crippen LogP contribution in [0.4, 0.5) is 0 Å². The molecule has 0 radical (unpaired) electrons. The van der Waals surface area contributed by atoms with E-state index in [0.717, 1.165) is 14.9 Å². The second kappa shape index (κ2) is 6.42. The molecule has 2 N–H and O–H groups in total. The summed E-state index contributed by atoms with van der Waals surface area (Å²) >= 11 is 4.96. The van der Waals surface area contributed by atoms with Gasteiger partial charge in [-0.3, -0.25) is 4.79 Å². The summed E-state index contributed by atoms with van der Waals surface area (Å²) < 4.78 is 1.00. The fourth-order valence-electron chi connectivity index (χ4n) is 1.28. The number of benzene rings is 1. The Morgan fingerprint density at radius 3 is 2.71 bits per heavy atom. The molecule has 1 rings (SSSR count). The van der Waals surface area contributed by atoms with Gasteiger partial charge >= 0.3 is 0 Å². The molecule has 0 fully saturated rings. The van der Waals surface area contributed by atoms with E-state index in [9.17, 15) is 4.79 Å². The number of hydrogen-bond donors (Lipinski definition) is 1. The monoisotopic (exact) mass is 316 g/mol. The predicted molar refractivity (Wildman–Crippen MR) is 76.2 cm³/mol. The maximum Gasteiger partial charge on any atom is 0.232 e. The number of hydrogen-bond acceptors (Lipinski definition) is 3. The Morgan fingerprint density at radius 2 is 2.18 bits per heavy atom. The van der Waals surface area contributed by atoms with Crippen molar-refractivity contribution in [3.63, 3.8) is 0 Å². The SMILES string of the molecule is CC(N)c1ccc(Br)cc1SCC(=O)N(C)C. The van der Waals surface area contributed by atoms with Crippen LogP contribution in [0.15, 0.2) is 27.6 Å². The topological polar surface area (TPSA) is 46.3 Å². The maximum absolute atomic E-state index is 11.5. The van der Waals surface area contributed by atoms with Crippen LogP contribution in [0, 0.1) is 0 Å². The van der Waals surface area contributed by atoms with Crippen molar-refractivity contribution in [3.05, 3.63) is 28.2 Å². The van der Waals surface area contributed by atoms with Crippen molar-refractivity contribution in [3.8, 4) is 0 Å². The zero-order valence-corrected chi connectivity index (χ0v) is 12.6. The molecule has 0 saturated heterocycles. The molecule has 0 aliphatic rings. The lowest BCUT2D eigenvalue weighted by Crippen LogP contribution is -2.23. The lowest BCUT2D eigenvalue weighted by molar-refractivity contribution is -0.125. The van der Waals surface area contributed by atoms with Crippen molar-refractivity contribution in [1.82, 2.24) is 4.90 Å². The van der Waals surface area contributed by atoms with Crippen LogP contribution in [0.3, 0.4) is 0 Å². The van der Waals surface area contributed by atoms with Gasteiger partial charge in [0.15, 0.2) is 0 Å². The Hall–Kier alpha value is -0.520. The van der Waals surface area contributed by atoms with Crippen molar-refractivity contribution in [2.24, 2.45) is 5.73 Å².